The Hall–Kier alpha value is -2.62. The van der Waals surface area contributed by atoms with Crippen molar-refractivity contribution in [3.63, 3.8) is 0 Å². The van der Waals surface area contributed by atoms with E-state index in [0.29, 0.717) is 17.8 Å². The van der Waals surface area contributed by atoms with Gasteiger partial charge in [-0.05, 0) is 43.5 Å². The molecule has 0 unspecified atom stereocenters. The van der Waals surface area contributed by atoms with Crippen LogP contribution in [0.25, 0.3) is 0 Å². The summed E-state index contributed by atoms with van der Waals surface area (Å²) in [5.41, 5.74) is 3.47. The molecule has 4 heteroatoms. The fourth-order valence-electron chi connectivity index (χ4n) is 2.32. The summed E-state index contributed by atoms with van der Waals surface area (Å²) in [6.45, 7) is 2.52. The summed E-state index contributed by atoms with van der Waals surface area (Å²) in [4.78, 5) is 24.0. The van der Waals surface area contributed by atoms with E-state index in [1.165, 1.54) is 5.56 Å². The molecule has 0 saturated heterocycles. The van der Waals surface area contributed by atoms with E-state index in [2.05, 4.69) is 10.6 Å². The lowest BCUT2D eigenvalue weighted by Crippen LogP contribution is -2.23. The average molecular weight is 308 g/mol. The van der Waals surface area contributed by atoms with Crippen LogP contribution >= 0.6 is 0 Å². The number of anilines is 1. The maximum atomic E-state index is 12.2. The van der Waals surface area contributed by atoms with Crippen LogP contribution in [0.4, 0.5) is 5.69 Å². The van der Waals surface area contributed by atoms with Gasteiger partial charge in [0.15, 0.2) is 0 Å². The lowest BCUT2D eigenvalue weighted by molar-refractivity contribution is -0.117. The molecular weight excluding hydrogens is 288 g/mol. The Kier molecular flexibility index (Phi) is 4.42. The molecule has 1 fully saturated rings. The summed E-state index contributed by atoms with van der Waals surface area (Å²) in [5.74, 6) is 0.0457. The number of rotatable bonds is 5. The van der Waals surface area contributed by atoms with Crippen molar-refractivity contribution in [2.24, 2.45) is 5.92 Å². The van der Waals surface area contributed by atoms with Crippen molar-refractivity contribution in [2.75, 3.05) is 5.32 Å². The Morgan fingerprint density at radius 2 is 1.83 bits per heavy atom. The van der Waals surface area contributed by atoms with E-state index in [1.54, 1.807) is 24.3 Å². The van der Waals surface area contributed by atoms with Crippen LogP contribution < -0.4 is 10.6 Å². The predicted molar refractivity (Wildman–Crippen MR) is 90.1 cm³/mol. The van der Waals surface area contributed by atoms with Crippen LogP contribution in [0.3, 0.4) is 0 Å². The first kappa shape index (κ1) is 15.3. The van der Waals surface area contributed by atoms with Crippen LogP contribution in [0.2, 0.25) is 0 Å². The zero-order valence-corrected chi connectivity index (χ0v) is 13.1. The van der Waals surface area contributed by atoms with Gasteiger partial charge in [-0.25, -0.2) is 0 Å². The van der Waals surface area contributed by atoms with Crippen molar-refractivity contribution in [3.05, 3.63) is 65.2 Å². The fourth-order valence-corrected chi connectivity index (χ4v) is 2.32. The van der Waals surface area contributed by atoms with Crippen LogP contribution in [0.15, 0.2) is 48.5 Å². The first-order valence-corrected chi connectivity index (χ1v) is 7.86. The van der Waals surface area contributed by atoms with Crippen molar-refractivity contribution < 1.29 is 9.59 Å². The topological polar surface area (TPSA) is 58.2 Å². The van der Waals surface area contributed by atoms with Crippen molar-refractivity contribution in [3.8, 4) is 0 Å². The van der Waals surface area contributed by atoms with Gasteiger partial charge in [0.25, 0.3) is 5.91 Å². The smallest absolute Gasteiger partial charge is 0.251 e. The van der Waals surface area contributed by atoms with Gasteiger partial charge in [-0.3, -0.25) is 9.59 Å². The number of benzene rings is 2. The molecule has 0 bridgehead atoms. The van der Waals surface area contributed by atoms with E-state index in [0.717, 1.165) is 18.4 Å². The van der Waals surface area contributed by atoms with Crippen LogP contribution in [-0.2, 0) is 11.3 Å². The second kappa shape index (κ2) is 6.65. The Morgan fingerprint density at radius 1 is 1.09 bits per heavy atom. The molecule has 118 valence electrons. The van der Waals surface area contributed by atoms with Crippen molar-refractivity contribution in [1.82, 2.24) is 5.32 Å². The van der Waals surface area contributed by atoms with Gasteiger partial charge >= 0.3 is 0 Å². The summed E-state index contributed by atoms with van der Waals surface area (Å²) in [5, 5.41) is 5.76. The highest BCUT2D eigenvalue weighted by atomic mass is 16.2. The summed E-state index contributed by atoms with van der Waals surface area (Å²) in [6.07, 6.45) is 1.92. The Bertz CT molecular complexity index is 718. The maximum absolute atomic E-state index is 12.2. The normalized spacial score (nSPS) is 13.4. The van der Waals surface area contributed by atoms with E-state index < -0.39 is 0 Å². The van der Waals surface area contributed by atoms with Gasteiger partial charge in [0.1, 0.15) is 0 Å². The number of hydrogen-bond donors (Lipinski definition) is 2. The monoisotopic (exact) mass is 308 g/mol. The number of nitrogens with one attached hydrogen (secondary N) is 2. The van der Waals surface area contributed by atoms with Gasteiger partial charge in [0, 0.05) is 23.7 Å². The summed E-state index contributed by atoms with van der Waals surface area (Å²) < 4.78 is 0. The second-order valence-corrected chi connectivity index (χ2v) is 6.01. The number of carbonyl (C=O) groups is 2. The largest absolute Gasteiger partial charge is 0.348 e. The average Bonchev–Trinajstić information content (AvgIpc) is 3.39. The molecular formula is C19H20N2O2. The minimum atomic E-state index is -0.145. The zero-order chi connectivity index (χ0) is 16.2. The third-order valence-electron chi connectivity index (χ3n) is 3.91. The van der Waals surface area contributed by atoms with Crippen molar-refractivity contribution in [2.45, 2.75) is 26.3 Å². The number of amides is 2. The third-order valence-corrected chi connectivity index (χ3v) is 3.91. The van der Waals surface area contributed by atoms with Gasteiger partial charge in [0.05, 0.1) is 0 Å². The summed E-state index contributed by atoms with van der Waals surface area (Å²) in [6, 6.07) is 15.1. The Balaban J connectivity index is 1.60. The van der Waals surface area contributed by atoms with Gasteiger partial charge in [-0.1, -0.05) is 35.9 Å². The molecule has 1 aliphatic carbocycles. The quantitative estimate of drug-likeness (QED) is 0.890. The van der Waals surface area contributed by atoms with E-state index in [9.17, 15) is 9.59 Å². The molecule has 0 radical (unpaired) electrons. The molecule has 4 nitrogen and oxygen atoms in total. The van der Waals surface area contributed by atoms with E-state index in [4.69, 9.17) is 0 Å². The van der Waals surface area contributed by atoms with Crippen molar-refractivity contribution >= 4 is 17.5 Å². The summed E-state index contributed by atoms with van der Waals surface area (Å²) in [7, 11) is 0. The van der Waals surface area contributed by atoms with Crippen LogP contribution in [-0.4, -0.2) is 11.8 Å². The van der Waals surface area contributed by atoms with E-state index >= 15 is 0 Å². The lowest BCUT2D eigenvalue weighted by Gasteiger charge is -2.08. The van der Waals surface area contributed by atoms with Crippen LogP contribution in [0, 0.1) is 12.8 Å². The Morgan fingerprint density at radius 3 is 2.52 bits per heavy atom. The Labute approximate surface area is 135 Å². The highest BCUT2D eigenvalue weighted by Gasteiger charge is 2.29. The molecule has 3 rings (SSSR count). The van der Waals surface area contributed by atoms with Crippen LogP contribution in [0.1, 0.15) is 34.3 Å². The number of carbonyl (C=O) groups excluding carboxylic acids is 2. The van der Waals surface area contributed by atoms with Gasteiger partial charge in [0.2, 0.25) is 5.91 Å². The van der Waals surface area contributed by atoms with E-state index in [1.807, 2.05) is 31.2 Å². The molecule has 1 saturated carbocycles. The molecule has 2 aromatic rings. The molecule has 2 N–H and O–H groups in total. The minimum absolute atomic E-state index is 0.0437. The van der Waals surface area contributed by atoms with Gasteiger partial charge in [-0.2, -0.15) is 0 Å². The molecule has 0 aliphatic heterocycles. The molecule has 0 spiro atoms. The molecule has 2 amide bonds. The molecule has 0 heterocycles. The molecule has 23 heavy (non-hydrogen) atoms. The number of hydrogen-bond acceptors (Lipinski definition) is 2. The number of aryl methyl sites for hydroxylation is 1. The third kappa shape index (κ3) is 4.19. The molecule has 0 aromatic heterocycles. The fraction of sp³-hybridized carbons (Fsp3) is 0.263. The minimum Gasteiger partial charge on any atom is -0.348 e. The SMILES string of the molecule is Cc1ccc(CNC(=O)c2cccc(NC(=O)C3CC3)c2)cc1. The second-order valence-electron chi connectivity index (χ2n) is 6.01. The van der Waals surface area contributed by atoms with Gasteiger partial charge < -0.3 is 10.6 Å². The van der Waals surface area contributed by atoms with Gasteiger partial charge in [-0.15, -0.1) is 0 Å². The van der Waals surface area contributed by atoms with Crippen LogP contribution in [0.5, 0.6) is 0 Å². The van der Waals surface area contributed by atoms with Crippen molar-refractivity contribution in [1.29, 1.82) is 0 Å². The first-order valence-electron chi connectivity index (χ1n) is 7.86. The first-order chi connectivity index (χ1) is 11.1. The zero-order valence-electron chi connectivity index (χ0n) is 13.1. The molecule has 2 aromatic carbocycles. The van der Waals surface area contributed by atoms with E-state index in [-0.39, 0.29) is 17.7 Å². The highest BCUT2D eigenvalue weighted by molar-refractivity contribution is 5.98. The summed E-state index contributed by atoms with van der Waals surface area (Å²) >= 11 is 0. The predicted octanol–water partition coefficient (Wildman–Crippen LogP) is 3.27. The maximum Gasteiger partial charge on any atom is 0.251 e. The standard InChI is InChI=1S/C19H20N2O2/c1-13-5-7-14(8-6-13)12-20-18(22)16-3-2-4-17(11-16)21-19(23)15-9-10-15/h2-8,11,15H,9-10,12H2,1H3,(H,20,22)(H,21,23). The molecule has 0 atom stereocenters. The molecule has 1 aliphatic rings. The lowest BCUT2D eigenvalue weighted by atomic mass is 10.1. The highest BCUT2D eigenvalue weighted by Crippen LogP contribution is 2.30.